The first-order valence-corrected chi connectivity index (χ1v) is 10.6. The van der Waals surface area contributed by atoms with Crippen LogP contribution in [-0.2, 0) is 16.0 Å². The molecular formula is C25H28N2O5. The zero-order valence-electron chi connectivity index (χ0n) is 18.6. The van der Waals surface area contributed by atoms with Crippen LogP contribution in [0.1, 0.15) is 11.1 Å². The minimum Gasteiger partial charge on any atom is -0.507 e. The zero-order chi connectivity index (χ0) is 22.7. The van der Waals surface area contributed by atoms with Crippen molar-refractivity contribution in [2.45, 2.75) is 13.3 Å². The minimum absolute atomic E-state index is 0.0247. The molecule has 32 heavy (non-hydrogen) atoms. The summed E-state index contributed by atoms with van der Waals surface area (Å²) in [6, 6.07) is 13.0. The molecule has 3 aromatic carbocycles. The predicted molar refractivity (Wildman–Crippen MR) is 125 cm³/mol. The molecule has 0 unspecified atom stereocenters. The number of anilines is 2. The summed E-state index contributed by atoms with van der Waals surface area (Å²) in [5, 5.41) is 15.8. The molecule has 1 fully saturated rings. The van der Waals surface area contributed by atoms with Gasteiger partial charge >= 0.3 is 0 Å². The number of benzene rings is 3. The molecule has 1 heterocycles. The molecule has 1 saturated heterocycles. The van der Waals surface area contributed by atoms with Gasteiger partial charge in [-0.05, 0) is 36.6 Å². The molecule has 7 nitrogen and oxygen atoms in total. The fourth-order valence-corrected chi connectivity index (χ4v) is 4.25. The van der Waals surface area contributed by atoms with Crippen LogP contribution in [-0.4, -0.2) is 51.5 Å². The number of fused-ring (bicyclic) bond motifs is 1. The Bertz CT molecular complexity index is 1120. The lowest BCUT2D eigenvalue weighted by Gasteiger charge is -2.32. The molecule has 0 spiro atoms. The number of rotatable bonds is 6. The predicted octanol–water partition coefficient (Wildman–Crippen LogP) is 3.89. The lowest BCUT2D eigenvalue weighted by molar-refractivity contribution is -0.115. The van der Waals surface area contributed by atoms with Gasteiger partial charge in [0.2, 0.25) is 5.91 Å². The molecule has 0 saturated carbocycles. The van der Waals surface area contributed by atoms with Crippen LogP contribution in [0, 0.1) is 6.92 Å². The van der Waals surface area contributed by atoms with E-state index in [4.69, 9.17) is 14.2 Å². The fourth-order valence-electron chi connectivity index (χ4n) is 4.25. The van der Waals surface area contributed by atoms with E-state index in [9.17, 15) is 9.90 Å². The minimum atomic E-state index is -0.207. The van der Waals surface area contributed by atoms with Crippen molar-refractivity contribution in [2.75, 3.05) is 50.7 Å². The third kappa shape index (κ3) is 4.16. The van der Waals surface area contributed by atoms with Gasteiger partial charge in [-0.2, -0.15) is 0 Å². The molecule has 4 rings (SSSR count). The monoisotopic (exact) mass is 436 g/mol. The number of aromatic hydroxyl groups is 1. The van der Waals surface area contributed by atoms with Crippen molar-refractivity contribution < 1.29 is 24.1 Å². The van der Waals surface area contributed by atoms with E-state index in [0.29, 0.717) is 36.0 Å². The number of carbonyl (C=O) groups excluding carboxylic acids is 1. The SMILES string of the molecule is COc1cc2c(CC(=O)Nc3ccccc3)c(O)c(C)c(N3CCOCC3)c2cc1OC. The maximum Gasteiger partial charge on any atom is 0.228 e. The number of morpholine rings is 1. The number of phenols is 1. The summed E-state index contributed by atoms with van der Waals surface area (Å²) in [6.45, 7) is 4.57. The van der Waals surface area contributed by atoms with E-state index >= 15 is 0 Å². The van der Waals surface area contributed by atoms with Gasteiger partial charge in [0.15, 0.2) is 11.5 Å². The van der Waals surface area contributed by atoms with E-state index in [1.165, 1.54) is 0 Å². The second-order valence-corrected chi connectivity index (χ2v) is 7.74. The molecule has 0 aromatic heterocycles. The van der Waals surface area contributed by atoms with Crippen LogP contribution < -0.4 is 19.7 Å². The number of nitrogens with zero attached hydrogens (tertiary/aromatic N) is 1. The maximum absolute atomic E-state index is 12.8. The average Bonchev–Trinajstić information content (AvgIpc) is 2.82. The van der Waals surface area contributed by atoms with Crippen LogP contribution in [0.2, 0.25) is 0 Å². The summed E-state index contributed by atoms with van der Waals surface area (Å²) >= 11 is 0. The fraction of sp³-hybridized carbons (Fsp3) is 0.320. The number of amides is 1. The van der Waals surface area contributed by atoms with Gasteiger partial charge in [-0.1, -0.05) is 18.2 Å². The Morgan fingerprint density at radius 3 is 2.31 bits per heavy atom. The highest BCUT2D eigenvalue weighted by molar-refractivity contribution is 6.05. The van der Waals surface area contributed by atoms with Crippen LogP contribution in [0.4, 0.5) is 11.4 Å². The first kappa shape index (κ1) is 21.8. The van der Waals surface area contributed by atoms with E-state index in [1.807, 2.05) is 49.4 Å². The number of carbonyl (C=O) groups is 1. The standard InChI is InChI=1S/C25H28N2O5/c1-16-24(27-9-11-32-12-10-27)19-14-22(31-3)21(30-2)13-18(19)20(25(16)29)15-23(28)26-17-7-5-4-6-8-17/h4-8,13-14,29H,9-12,15H2,1-3H3,(H,26,28). The van der Waals surface area contributed by atoms with Gasteiger partial charge in [-0.25, -0.2) is 0 Å². The maximum atomic E-state index is 12.8. The zero-order valence-corrected chi connectivity index (χ0v) is 18.6. The van der Waals surface area contributed by atoms with Crippen molar-refractivity contribution >= 4 is 28.1 Å². The number of nitrogens with one attached hydrogen (secondary N) is 1. The van der Waals surface area contributed by atoms with Gasteiger partial charge in [0.05, 0.1) is 39.5 Å². The van der Waals surface area contributed by atoms with Gasteiger partial charge in [0.25, 0.3) is 0 Å². The number of hydrogen-bond acceptors (Lipinski definition) is 6. The molecule has 0 atom stereocenters. The molecule has 1 aliphatic heterocycles. The molecule has 168 valence electrons. The van der Waals surface area contributed by atoms with E-state index in [0.717, 1.165) is 35.1 Å². The third-order valence-electron chi connectivity index (χ3n) is 5.82. The van der Waals surface area contributed by atoms with Gasteiger partial charge < -0.3 is 29.5 Å². The number of ether oxygens (including phenoxy) is 3. The Morgan fingerprint density at radius 1 is 1.06 bits per heavy atom. The number of phenolic OH excluding ortho intramolecular Hbond substituents is 1. The summed E-state index contributed by atoms with van der Waals surface area (Å²) in [5.41, 5.74) is 2.93. The highest BCUT2D eigenvalue weighted by atomic mass is 16.5. The van der Waals surface area contributed by atoms with Crippen LogP contribution >= 0.6 is 0 Å². The number of para-hydroxylation sites is 1. The smallest absolute Gasteiger partial charge is 0.228 e. The molecule has 0 aliphatic carbocycles. The molecule has 7 heteroatoms. The number of methoxy groups -OCH3 is 2. The van der Waals surface area contributed by atoms with Crippen molar-refractivity contribution in [3.8, 4) is 17.2 Å². The van der Waals surface area contributed by atoms with E-state index < -0.39 is 0 Å². The lowest BCUT2D eigenvalue weighted by Crippen LogP contribution is -2.36. The second kappa shape index (κ2) is 9.36. The Hall–Kier alpha value is -3.45. The molecule has 1 amide bonds. The number of hydrogen-bond donors (Lipinski definition) is 2. The quantitative estimate of drug-likeness (QED) is 0.610. The highest BCUT2D eigenvalue weighted by Gasteiger charge is 2.25. The summed E-state index contributed by atoms with van der Waals surface area (Å²) < 4.78 is 16.6. The normalized spacial score (nSPS) is 13.8. The molecule has 1 aliphatic rings. The van der Waals surface area contributed by atoms with Gasteiger partial charge in [-0.3, -0.25) is 4.79 Å². The Labute approximate surface area is 187 Å². The van der Waals surface area contributed by atoms with E-state index in [-0.39, 0.29) is 18.1 Å². The Kier molecular flexibility index (Phi) is 6.37. The summed E-state index contributed by atoms with van der Waals surface area (Å²) in [4.78, 5) is 15.1. The average molecular weight is 437 g/mol. The van der Waals surface area contributed by atoms with E-state index in [1.54, 1.807) is 14.2 Å². The highest BCUT2D eigenvalue weighted by Crippen LogP contribution is 2.45. The molecule has 2 N–H and O–H groups in total. The van der Waals surface area contributed by atoms with Crippen molar-refractivity contribution in [1.29, 1.82) is 0 Å². The first-order chi connectivity index (χ1) is 15.5. The molecular weight excluding hydrogens is 408 g/mol. The van der Waals surface area contributed by atoms with Gasteiger partial charge in [0.1, 0.15) is 5.75 Å². The summed E-state index contributed by atoms with van der Waals surface area (Å²) in [5.74, 6) is 1.05. The Morgan fingerprint density at radius 2 is 1.69 bits per heavy atom. The van der Waals surface area contributed by atoms with Crippen LogP contribution in [0.25, 0.3) is 10.8 Å². The van der Waals surface area contributed by atoms with Crippen LogP contribution in [0.15, 0.2) is 42.5 Å². The van der Waals surface area contributed by atoms with E-state index in [2.05, 4.69) is 10.2 Å². The van der Waals surface area contributed by atoms with Gasteiger partial charge in [-0.15, -0.1) is 0 Å². The molecule has 3 aromatic rings. The topological polar surface area (TPSA) is 80.3 Å². The molecule has 0 radical (unpaired) electrons. The van der Waals surface area contributed by atoms with Crippen molar-refractivity contribution in [3.63, 3.8) is 0 Å². The summed E-state index contributed by atoms with van der Waals surface area (Å²) in [7, 11) is 3.17. The third-order valence-corrected chi connectivity index (χ3v) is 5.82. The van der Waals surface area contributed by atoms with Crippen molar-refractivity contribution in [1.82, 2.24) is 0 Å². The molecule has 0 bridgehead atoms. The van der Waals surface area contributed by atoms with Crippen molar-refractivity contribution in [3.05, 3.63) is 53.6 Å². The van der Waals surface area contributed by atoms with Gasteiger partial charge in [0, 0.05) is 35.3 Å². The summed E-state index contributed by atoms with van der Waals surface area (Å²) in [6.07, 6.45) is 0.0247. The van der Waals surface area contributed by atoms with Crippen LogP contribution in [0.3, 0.4) is 0 Å². The Balaban J connectivity index is 1.84. The largest absolute Gasteiger partial charge is 0.507 e. The van der Waals surface area contributed by atoms with Crippen LogP contribution in [0.5, 0.6) is 17.2 Å². The first-order valence-electron chi connectivity index (χ1n) is 10.6. The van der Waals surface area contributed by atoms with Crippen molar-refractivity contribution in [2.24, 2.45) is 0 Å². The lowest BCUT2D eigenvalue weighted by atomic mass is 9.94. The second-order valence-electron chi connectivity index (χ2n) is 7.74.